The van der Waals surface area contributed by atoms with Crippen molar-refractivity contribution in [2.75, 3.05) is 20.3 Å². The van der Waals surface area contributed by atoms with Gasteiger partial charge in [-0.1, -0.05) is 10.4 Å². The molecule has 1 aromatic carbocycles. The molecule has 0 spiro atoms. The molecule has 4 heterocycles. The molecule has 0 aliphatic carbocycles. The first kappa shape index (κ1) is 16.8. The van der Waals surface area contributed by atoms with Gasteiger partial charge in [-0.2, -0.15) is 4.98 Å². The van der Waals surface area contributed by atoms with E-state index in [9.17, 15) is 0 Å². The second-order valence-corrected chi connectivity index (χ2v) is 6.58. The van der Waals surface area contributed by atoms with Crippen LogP contribution >= 0.6 is 0 Å². The van der Waals surface area contributed by atoms with Crippen LogP contribution in [0.3, 0.4) is 0 Å². The van der Waals surface area contributed by atoms with Gasteiger partial charge in [0, 0.05) is 25.0 Å². The van der Waals surface area contributed by atoms with Crippen LogP contribution in [-0.2, 0) is 4.74 Å². The SMILES string of the molecule is COc1cnccc1-c1noc(-c2ccc3c(c2)nnn3C2CCOCC2)n1. The number of rotatable bonds is 4. The monoisotopic (exact) mass is 378 g/mol. The molecule has 5 rings (SSSR count). The van der Waals surface area contributed by atoms with E-state index in [1.165, 1.54) is 0 Å². The van der Waals surface area contributed by atoms with Gasteiger partial charge in [0.05, 0.1) is 30.4 Å². The van der Waals surface area contributed by atoms with Crippen molar-refractivity contribution in [3.63, 3.8) is 0 Å². The Balaban J connectivity index is 1.48. The Hall–Kier alpha value is -3.33. The van der Waals surface area contributed by atoms with Crippen LogP contribution in [0.15, 0.2) is 41.2 Å². The van der Waals surface area contributed by atoms with E-state index in [-0.39, 0.29) is 0 Å². The Kier molecular flexibility index (Phi) is 4.21. The minimum Gasteiger partial charge on any atom is -0.494 e. The number of pyridine rings is 1. The van der Waals surface area contributed by atoms with Crippen molar-refractivity contribution in [2.24, 2.45) is 0 Å². The molecule has 3 aromatic heterocycles. The molecule has 142 valence electrons. The minimum atomic E-state index is 0.318. The molecule has 1 aliphatic rings. The molecular weight excluding hydrogens is 360 g/mol. The number of hydrogen-bond acceptors (Lipinski definition) is 8. The molecule has 1 aliphatic heterocycles. The van der Waals surface area contributed by atoms with Gasteiger partial charge in [-0.25, -0.2) is 4.68 Å². The van der Waals surface area contributed by atoms with Crippen LogP contribution in [0.25, 0.3) is 33.9 Å². The quantitative estimate of drug-likeness (QED) is 0.534. The molecule has 9 heteroatoms. The summed E-state index contributed by atoms with van der Waals surface area (Å²) in [6, 6.07) is 7.97. The molecule has 0 radical (unpaired) electrons. The molecule has 1 saturated heterocycles. The van der Waals surface area contributed by atoms with Crippen LogP contribution in [0.2, 0.25) is 0 Å². The number of hydrogen-bond donors (Lipinski definition) is 0. The van der Waals surface area contributed by atoms with Gasteiger partial charge in [-0.3, -0.25) is 4.98 Å². The number of nitrogens with zero attached hydrogens (tertiary/aromatic N) is 6. The van der Waals surface area contributed by atoms with Crippen LogP contribution in [0.4, 0.5) is 0 Å². The van der Waals surface area contributed by atoms with Crippen LogP contribution in [0, 0.1) is 0 Å². The number of fused-ring (bicyclic) bond motifs is 1. The van der Waals surface area contributed by atoms with Gasteiger partial charge in [-0.15, -0.1) is 5.10 Å². The smallest absolute Gasteiger partial charge is 0.258 e. The maximum atomic E-state index is 5.47. The lowest BCUT2D eigenvalue weighted by Gasteiger charge is -2.22. The second-order valence-electron chi connectivity index (χ2n) is 6.58. The average Bonchev–Trinajstić information content (AvgIpc) is 3.41. The molecule has 9 nitrogen and oxygen atoms in total. The first-order valence-corrected chi connectivity index (χ1v) is 9.08. The van der Waals surface area contributed by atoms with E-state index < -0.39 is 0 Å². The van der Waals surface area contributed by atoms with Gasteiger partial charge in [0.25, 0.3) is 5.89 Å². The summed E-state index contributed by atoms with van der Waals surface area (Å²) in [5.41, 5.74) is 3.30. The molecule has 28 heavy (non-hydrogen) atoms. The summed E-state index contributed by atoms with van der Waals surface area (Å²) >= 11 is 0. The lowest BCUT2D eigenvalue weighted by molar-refractivity contribution is 0.0669. The zero-order chi connectivity index (χ0) is 18.9. The average molecular weight is 378 g/mol. The van der Waals surface area contributed by atoms with Gasteiger partial charge in [-0.05, 0) is 37.1 Å². The Morgan fingerprint density at radius 1 is 1.18 bits per heavy atom. The van der Waals surface area contributed by atoms with Gasteiger partial charge in [0.15, 0.2) is 0 Å². The van der Waals surface area contributed by atoms with Gasteiger partial charge in [0.1, 0.15) is 11.3 Å². The summed E-state index contributed by atoms with van der Waals surface area (Å²) < 4.78 is 18.2. The van der Waals surface area contributed by atoms with Crippen molar-refractivity contribution in [1.82, 2.24) is 30.1 Å². The van der Waals surface area contributed by atoms with E-state index in [1.54, 1.807) is 25.6 Å². The molecular formula is C19H18N6O3. The van der Waals surface area contributed by atoms with Gasteiger partial charge >= 0.3 is 0 Å². The summed E-state index contributed by atoms with van der Waals surface area (Å²) in [6.45, 7) is 1.51. The largest absolute Gasteiger partial charge is 0.494 e. The summed E-state index contributed by atoms with van der Waals surface area (Å²) in [5.74, 6) is 1.45. The van der Waals surface area contributed by atoms with E-state index in [4.69, 9.17) is 14.0 Å². The maximum Gasteiger partial charge on any atom is 0.258 e. The fraction of sp³-hybridized carbons (Fsp3) is 0.316. The van der Waals surface area contributed by atoms with E-state index in [1.807, 2.05) is 22.9 Å². The first-order valence-electron chi connectivity index (χ1n) is 9.08. The van der Waals surface area contributed by atoms with Crippen molar-refractivity contribution < 1.29 is 14.0 Å². The highest BCUT2D eigenvalue weighted by Gasteiger charge is 2.20. The third-order valence-corrected chi connectivity index (χ3v) is 4.93. The number of ether oxygens (including phenoxy) is 2. The predicted octanol–water partition coefficient (Wildman–Crippen LogP) is 2.90. The topological polar surface area (TPSA) is 101 Å². The Morgan fingerprint density at radius 3 is 2.93 bits per heavy atom. The highest BCUT2D eigenvalue weighted by atomic mass is 16.5. The van der Waals surface area contributed by atoms with Crippen LogP contribution in [0.1, 0.15) is 18.9 Å². The molecule has 0 saturated carbocycles. The number of aromatic nitrogens is 6. The molecule has 0 unspecified atom stereocenters. The maximum absolute atomic E-state index is 5.47. The van der Waals surface area contributed by atoms with Gasteiger partial charge in [0.2, 0.25) is 5.82 Å². The highest BCUT2D eigenvalue weighted by molar-refractivity contribution is 5.80. The van der Waals surface area contributed by atoms with E-state index >= 15 is 0 Å². The zero-order valence-corrected chi connectivity index (χ0v) is 15.3. The molecule has 4 aromatic rings. The summed E-state index contributed by atoms with van der Waals surface area (Å²) in [7, 11) is 1.58. The normalized spacial score (nSPS) is 15.2. The van der Waals surface area contributed by atoms with Crippen LogP contribution < -0.4 is 4.74 Å². The highest BCUT2D eigenvalue weighted by Crippen LogP contribution is 2.30. The lowest BCUT2D eigenvalue weighted by Crippen LogP contribution is -2.20. The van der Waals surface area contributed by atoms with Crippen molar-refractivity contribution >= 4 is 11.0 Å². The minimum absolute atomic E-state index is 0.318. The summed E-state index contributed by atoms with van der Waals surface area (Å²) in [5, 5.41) is 12.8. The summed E-state index contributed by atoms with van der Waals surface area (Å²) in [4.78, 5) is 8.55. The molecule has 1 fully saturated rings. The van der Waals surface area contributed by atoms with Crippen LogP contribution in [-0.4, -0.2) is 50.4 Å². The van der Waals surface area contributed by atoms with E-state index in [0.29, 0.717) is 23.5 Å². The zero-order valence-electron chi connectivity index (χ0n) is 15.3. The fourth-order valence-corrected chi connectivity index (χ4v) is 3.45. The third kappa shape index (κ3) is 2.89. The molecule has 0 bridgehead atoms. The number of methoxy groups -OCH3 is 1. The van der Waals surface area contributed by atoms with Crippen molar-refractivity contribution in [2.45, 2.75) is 18.9 Å². The lowest BCUT2D eigenvalue weighted by atomic mass is 10.1. The standard InChI is InChI=1S/C19H18N6O3/c1-26-17-11-20-7-4-14(17)18-21-19(28-23-18)12-2-3-16-15(10-12)22-24-25(16)13-5-8-27-9-6-13/h2-4,7,10-11,13H,5-6,8-9H2,1H3. The van der Waals surface area contributed by atoms with E-state index in [2.05, 4.69) is 25.4 Å². The molecule has 0 N–H and O–H groups in total. The Morgan fingerprint density at radius 2 is 2.07 bits per heavy atom. The van der Waals surface area contributed by atoms with Crippen molar-refractivity contribution in [1.29, 1.82) is 0 Å². The second kappa shape index (κ2) is 7.01. The first-order chi connectivity index (χ1) is 13.8. The van der Waals surface area contributed by atoms with Crippen LogP contribution in [0.5, 0.6) is 5.75 Å². The van der Waals surface area contributed by atoms with E-state index in [0.717, 1.165) is 48.2 Å². The van der Waals surface area contributed by atoms with Crippen molar-refractivity contribution in [3.8, 4) is 28.6 Å². The summed E-state index contributed by atoms with van der Waals surface area (Å²) in [6.07, 6.45) is 5.17. The number of benzene rings is 1. The predicted molar refractivity (Wildman–Crippen MR) is 99.7 cm³/mol. The molecule has 0 amide bonds. The molecule has 0 atom stereocenters. The Labute approximate surface area is 160 Å². The van der Waals surface area contributed by atoms with Gasteiger partial charge < -0.3 is 14.0 Å². The fourth-order valence-electron chi connectivity index (χ4n) is 3.45. The Bertz CT molecular complexity index is 1120. The van der Waals surface area contributed by atoms with Crippen molar-refractivity contribution in [3.05, 3.63) is 36.7 Å². The third-order valence-electron chi connectivity index (χ3n) is 4.93.